The molecule has 0 radical (unpaired) electrons. The van der Waals surface area contributed by atoms with Gasteiger partial charge in [-0.1, -0.05) is 41.9 Å². The Bertz CT molecular complexity index is 1320. The Hall–Kier alpha value is -3.39. The molecule has 1 fully saturated rings. The molecule has 200 valence electrons. The number of carbonyl (C=O) groups is 1. The molecule has 1 amide bonds. The zero-order valence-electron chi connectivity index (χ0n) is 21.0. The van der Waals surface area contributed by atoms with Crippen molar-refractivity contribution in [3.05, 3.63) is 88.4 Å². The van der Waals surface area contributed by atoms with Crippen LogP contribution < -0.4 is 19.9 Å². The summed E-state index contributed by atoms with van der Waals surface area (Å²) in [5, 5.41) is 3.67. The molecule has 1 N–H and O–H groups in total. The third kappa shape index (κ3) is 5.27. The molecular formula is C29H29ClF3N3O2. The van der Waals surface area contributed by atoms with Crippen molar-refractivity contribution in [1.82, 2.24) is 5.32 Å². The van der Waals surface area contributed by atoms with Gasteiger partial charge in [0, 0.05) is 31.9 Å². The Morgan fingerprint density at radius 1 is 1.05 bits per heavy atom. The van der Waals surface area contributed by atoms with E-state index in [4.69, 9.17) is 16.3 Å². The van der Waals surface area contributed by atoms with Gasteiger partial charge in [-0.3, -0.25) is 4.79 Å². The summed E-state index contributed by atoms with van der Waals surface area (Å²) in [7, 11) is 1.61. The van der Waals surface area contributed by atoms with Gasteiger partial charge in [-0.2, -0.15) is 13.2 Å². The van der Waals surface area contributed by atoms with E-state index in [-0.39, 0.29) is 18.4 Å². The lowest BCUT2D eigenvalue weighted by Crippen LogP contribution is -2.61. The number of hydrogen-bond donors (Lipinski definition) is 1. The molecule has 0 unspecified atom stereocenters. The zero-order valence-corrected chi connectivity index (χ0v) is 21.7. The average Bonchev–Trinajstić information content (AvgIpc) is 2.92. The number of alkyl halides is 3. The van der Waals surface area contributed by atoms with Crippen molar-refractivity contribution >= 4 is 28.9 Å². The van der Waals surface area contributed by atoms with Gasteiger partial charge in [0.15, 0.2) is 0 Å². The Kier molecular flexibility index (Phi) is 7.43. The summed E-state index contributed by atoms with van der Waals surface area (Å²) in [4.78, 5) is 17.8. The Morgan fingerprint density at radius 3 is 2.58 bits per heavy atom. The van der Waals surface area contributed by atoms with Crippen LogP contribution in [0.5, 0.6) is 5.75 Å². The fraction of sp³-hybridized carbons (Fsp3) is 0.345. The third-order valence-electron chi connectivity index (χ3n) is 7.46. The van der Waals surface area contributed by atoms with E-state index < -0.39 is 17.7 Å². The Morgan fingerprint density at radius 2 is 1.82 bits per heavy atom. The number of carbonyl (C=O) groups excluding carboxylic acids is 1. The fourth-order valence-corrected chi connectivity index (χ4v) is 5.84. The average molecular weight is 544 g/mol. The molecule has 3 aromatic carbocycles. The second-order valence-electron chi connectivity index (χ2n) is 9.66. The topological polar surface area (TPSA) is 44.8 Å². The molecule has 2 aliphatic rings. The summed E-state index contributed by atoms with van der Waals surface area (Å²) >= 11 is 6.47. The van der Waals surface area contributed by atoms with E-state index in [0.717, 1.165) is 28.8 Å². The number of halogens is 4. The quantitative estimate of drug-likeness (QED) is 0.440. The van der Waals surface area contributed by atoms with Crippen molar-refractivity contribution in [3.8, 4) is 5.75 Å². The number of benzene rings is 3. The van der Waals surface area contributed by atoms with Crippen molar-refractivity contribution in [1.29, 1.82) is 0 Å². The van der Waals surface area contributed by atoms with E-state index in [9.17, 15) is 18.0 Å². The number of ether oxygens (including phenoxy) is 1. The molecule has 9 heteroatoms. The Balaban J connectivity index is 1.40. The van der Waals surface area contributed by atoms with Crippen LogP contribution in [0.2, 0.25) is 5.02 Å². The summed E-state index contributed by atoms with van der Waals surface area (Å²) in [6.45, 7) is 2.14. The van der Waals surface area contributed by atoms with E-state index in [0.29, 0.717) is 43.2 Å². The summed E-state index contributed by atoms with van der Waals surface area (Å²) in [6.07, 6.45) is -3.63. The van der Waals surface area contributed by atoms with Crippen LogP contribution in [0.15, 0.2) is 66.7 Å². The molecule has 5 rings (SSSR count). The SMILES string of the molecule is COc1ccccc1CCNC(=O)[C@@H]1Cc2cc(C(F)(F)F)ccc2N2CCN(c3ccccc3Cl)C[C@@H]12. The number of nitrogens with zero attached hydrogens (tertiary/aromatic N) is 2. The first-order chi connectivity index (χ1) is 18.3. The van der Waals surface area contributed by atoms with Gasteiger partial charge >= 0.3 is 6.18 Å². The van der Waals surface area contributed by atoms with Crippen LogP contribution in [0, 0.1) is 5.92 Å². The summed E-state index contributed by atoms with van der Waals surface area (Å²) in [5.41, 5.74) is 2.48. The first-order valence-electron chi connectivity index (χ1n) is 12.6. The van der Waals surface area contributed by atoms with Gasteiger partial charge in [0.2, 0.25) is 5.91 Å². The molecule has 0 spiro atoms. The number of para-hydroxylation sites is 2. The highest BCUT2D eigenvalue weighted by atomic mass is 35.5. The zero-order chi connectivity index (χ0) is 26.9. The number of hydrogen-bond acceptors (Lipinski definition) is 4. The largest absolute Gasteiger partial charge is 0.496 e. The number of fused-ring (bicyclic) bond motifs is 3. The lowest BCUT2D eigenvalue weighted by Gasteiger charge is -2.50. The summed E-state index contributed by atoms with van der Waals surface area (Å²) < 4.78 is 45.9. The molecule has 1 saturated heterocycles. The van der Waals surface area contributed by atoms with E-state index in [2.05, 4.69) is 15.1 Å². The van der Waals surface area contributed by atoms with Gasteiger partial charge in [0.1, 0.15) is 5.75 Å². The smallest absolute Gasteiger partial charge is 0.416 e. The van der Waals surface area contributed by atoms with Gasteiger partial charge in [-0.05, 0) is 60.4 Å². The number of piperazine rings is 1. The lowest BCUT2D eigenvalue weighted by molar-refractivity contribution is -0.137. The second kappa shape index (κ2) is 10.8. The fourth-order valence-electron chi connectivity index (χ4n) is 5.59. The maximum Gasteiger partial charge on any atom is 0.416 e. The monoisotopic (exact) mass is 543 g/mol. The molecule has 0 aliphatic carbocycles. The van der Waals surface area contributed by atoms with Crippen LogP contribution >= 0.6 is 11.6 Å². The minimum atomic E-state index is -4.44. The van der Waals surface area contributed by atoms with Gasteiger partial charge in [-0.25, -0.2) is 0 Å². The first kappa shape index (κ1) is 26.2. The van der Waals surface area contributed by atoms with Crippen LogP contribution in [0.4, 0.5) is 24.5 Å². The highest BCUT2D eigenvalue weighted by molar-refractivity contribution is 6.33. The highest BCUT2D eigenvalue weighted by Gasteiger charge is 2.43. The predicted molar refractivity (Wildman–Crippen MR) is 143 cm³/mol. The van der Waals surface area contributed by atoms with Crippen molar-refractivity contribution in [2.75, 3.05) is 43.1 Å². The van der Waals surface area contributed by atoms with E-state index >= 15 is 0 Å². The van der Waals surface area contributed by atoms with Crippen molar-refractivity contribution in [3.63, 3.8) is 0 Å². The summed E-state index contributed by atoms with van der Waals surface area (Å²) in [5.74, 6) is 0.0646. The predicted octanol–water partition coefficient (Wildman–Crippen LogP) is 5.59. The van der Waals surface area contributed by atoms with Crippen LogP contribution in [0.1, 0.15) is 16.7 Å². The van der Waals surface area contributed by atoms with Crippen LogP contribution in [0.25, 0.3) is 0 Å². The minimum absolute atomic E-state index is 0.168. The van der Waals surface area contributed by atoms with E-state index in [1.807, 2.05) is 48.5 Å². The Labute approximate surface area is 225 Å². The number of methoxy groups -OCH3 is 1. The maximum absolute atomic E-state index is 13.6. The van der Waals surface area contributed by atoms with Gasteiger partial charge in [-0.15, -0.1) is 0 Å². The number of rotatable bonds is 6. The van der Waals surface area contributed by atoms with Gasteiger partial charge in [0.25, 0.3) is 0 Å². The van der Waals surface area contributed by atoms with Gasteiger partial charge in [0.05, 0.1) is 35.3 Å². The van der Waals surface area contributed by atoms with E-state index in [1.54, 1.807) is 13.2 Å². The first-order valence-corrected chi connectivity index (χ1v) is 13.0. The van der Waals surface area contributed by atoms with Crippen LogP contribution in [0.3, 0.4) is 0 Å². The molecule has 0 saturated carbocycles. The third-order valence-corrected chi connectivity index (χ3v) is 7.77. The number of anilines is 2. The molecule has 0 bridgehead atoms. The van der Waals surface area contributed by atoms with Crippen LogP contribution in [-0.4, -0.2) is 45.2 Å². The number of amides is 1. The molecule has 2 heterocycles. The molecule has 2 atom stereocenters. The van der Waals surface area contributed by atoms with E-state index in [1.165, 1.54) is 6.07 Å². The standard InChI is InChI=1S/C29H29ClF3N3O2/c1-38-27-9-5-2-6-19(27)12-13-34-28(37)22-17-20-16-21(29(31,32)33)10-11-24(20)36-15-14-35(18-26(22)36)25-8-4-3-7-23(25)30/h2-11,16,22,26H,12-15,17-18H2,1H3,(H,34,37)/t22-,26+/m1/s1. The molecule has 5 nitrogen and oxygen atoms in total. The number of nitrogens with one attached hydrogen (secondary N) is 1. The van der Waals surface area contributed by atoms with Crippen molar-refractivity contribution in [2.24, 2.45) is 5.92 Å². The second-order valence-corrected chi connectivity index (χ2v) is 10.1. The normalized spacial score (nSPS) is 19.0. The lowest BCUT2D eigenvalue weighted by atomic mass is 9.82. The van der Waals surface area contributed by atoms with Gasteiger partial charge < -0.3 is 19.9 Å². The summed E-state index contributed by atoms with van der Waals surface area (Å²) in [6, 6.07) is 18.9. The minimum Gasteiger partial charge on any atom is -0.496 e. The molecule has 2 aliphatic heterocycles. The molecule has 3 aromatic rings. The maximum atomic E-state index is 13.6. The molecule has 38 heavy (non-hydrogen) atoms. The van der Waals surface area contributed by atoms with Crippen LogP contribution in [-0.2, 0) is 23.8 Å². The highest BCUT2D eigenvalue weighted by Crippen LogP contribution is 2.41. The molecule has 0 aromatic heterocycles. The van der Waals surface area contributed by atoms with Crippen molar-refractivity contribution in [2.45, 2.75) is 25.1 Å². The van der Waals surface area contributed by atoms with Crippen molar-refractivity contribution < 1.29 is 22.7 Å². The molecular weight excluding hydrogens is 515 g/mol.